The lowest BCUT2D eigenvalue weighted by Gasteiger charge is -2.10. The second-order valence-corrected chi connectivity index (χ2v) is 6.34. The van der Waals surface area contributed by atoms with E-state index in [1.807, 2.05) is 0 Å². The van der Waals surface area contributed by atoms with Crippen molar-refractivity contribution in [2.75, 3.05) is 25.1 Å². The first kappa shape index (κ1) is 18.6. The van der Waals surface area contributed by atoms with Crippen LogP contribution in [0, 0.1) is 0 Å². The molecule has 9 nitrogen and oxygen atoms in total. The van der Waals surface area contributed by atoms with Gasteiger partial charge in [-0.3, -0.25) is 14.2 Å². The zero-order chi connectivity index (χ0) is 20.2. The number of carbonyl (C=O) groups excluding carboxylic acids is 2. The van der Waals surface area contributed by atoms with E-state index in [9.17, 15) is 14.4 Å². The fraction of sp³-hybridized carbons (Fsp3) is 0.250. The van der Waals surface area contributed by atoms with Crippen LogP contribution in [-0.2, 0) is 20.9 Å². The summed E-state index contributed by atoms with van der Waals surface area (Å²) in [4.78, 5) is 36.0. The number of anilines is 1. The van der Waals surface area contributed by atoms with Crippen molar-refractivity contribution in [3.05, 3.63) is 53.0 Å². The van der Waals surface area contributed by atoms with Gasteiger partial charge in [0.2, 0.25) is 0 Å². The van der Waals surface area contributed by atoms with Gasteiger partial charge in [0, 0.05) is 18.2 Å². The lowest BCUT2D eigenvalue weighted by molar-refractivity contribution is -0.147. The zero-order valence-corrected chi connectivity index (χ0v) is 15.4. The maximum atomic E-state index is 12.1. The fourth-order valence-corrected chi connectivity index (χ4v) is 2.92. The number of hydrogen-bond donors (Lipinski definition) is 1. The Morgan fingerprint density at radius 1 is 1.07 bits per heavy atom. The molecule has 0 unspecified atom stereocenters. The Balaban J connectivity index is 1.33. The molecule has 0 fully saturated rings. The molecule has 0 radical (unpaired) electrons. The third kappa shape index (κ3) is 4.23. The van der Waals surface area contributed by atoms with Crippen molar-refractivity contribution in [3.8, 4) is 11.5 Å². The molecule has 2 aromatic carbocycles. The second kappa shape index (κ2) is 8.09. The highest BCUT2D eigenvalue weighted by Gasteiger charge is 2.15. The predicted molar refractivity (Wildman–Crippen MR) is 102 cm³/mol. The molecule has 0 bridgehead atoms. The minimum Gasteiger partial charge on any atom is -0.490 e. The van der Waals surface area contributed by atoms with Gasteiger partial charge in [-0.2, -0.15) is 0 Å². The van der Waals surface area contributed by atoms with Crippen LogP contribution < -0.4 is 20.5 Å². The van der Waals surface area contributed by atoms with E-state index >= 15 is 0 Å². The van der Waals surface area contributed by atoms with E-state index in [-0.39, 0.29) is 6.54 Å². The van der Waals surface area contributed by atoms with Crippen LogP contribution in [0.25, 0.3) is 11.1 Å². The van der Waals surface area contributed by atoms with Gasteiger partial charge in [-0.15, -0.1) is 0 Å². The largest absolute Gasteiger partial charge is 0.490 e. The maximum Gasteiger partial charge on any atom is 0.420 e. The number of ether oxygens (including phenoxy) is 3. The van der Waals surface area contributed by atoms with Crippen molar-refractivity contribution in [1.29, 1.82) is 0 Å². The van der Waals surface area contributed by atoms with Gasteiger partial charge < -0.3 is 23.9 Å². The Bertz CT molecular complexity index is 1120. The second-order valence-electron chi connectivity index (χ2n) is 6.34. The van der Waals surface area contributed by atoms with Gasteiger partial charge in [-0.05, 0) is 24.3 Å². The summed E-state index contributed by atoms with van der Waals surface area (Å²) in [5.41, 5.74) is 1.34. The SMILES string of the molecule is O=C(COC(=O)Cn1c(=O)oc2ccccc21)Nc1ccc2c(c1)OCCCO2. The minimum atomic E-state index is -0.729. The number of oxazole rings is 1. The van der Waals surface area contributed by atoms with Crippen LogP contribution in [0.4, 0.5) is 5.69 Å². The number of carbonyl (C=O) groups is 2. The first-order valence-electron chi connectivity index (χ1n) is 9.03. The molecular weight excluding hydrogens is 380 g/mol. The van der Waals surface area contributed by atoms with E-state index in [4.69, 9.17) is 18.6 Å². The van der Waals surface area contributed by atoms with Crippen molar-refractivity contribution in [1.82, 2.24) is 4.57 Å². The van der Waals surface area contributed by atoms with E-state index in [1.165, 1.54) is 0 Å². The van der Waals surface area contributed by atoms with Crippen LogP contribution in [0.5, 0.6) is 11.5 Å². The average molecular weight is 398 g/mol. The van der Waals surface area contributed by atoms with Crippen molar-refractivity contribution in [2.24, 2.45) is 0 Å². The molecule has 4 rings (SSSR count). The maximum absolute atomic E-state index is 12.1. The summed E-state index contributed by atoms with van der Waals surface area (Å²) in [6.07, 6.45) is 0.779. The molecule has 1 aromatic heterocycles. The molecule has 1 aliphatic heterocycles. The van der Waals surface area contributed by atoms with Gasteiger partial charge in [0.05, 0.1) is 18.7 Å². The number of rotatable bonds is 5. The van der Waals surface area contributed by atoms with Crippen molar-refractivity contribution < 1.29 is 28.2 Å². The highest BCUT2D eigenvalue weighted by Crippen LogP contribution is 2.32. The number of fused-ring (bicyclic) bond motifs is 2. The smallest absolute Gasteiger partial charge is 0.420 e. The lowest BCUT2D eigenvalue weighted by atomic mass is 10.2. The molecule has 0 spiro atoms. The van der Waals surface area contributed by atoms with Crippen molar-refractivity contribution in [3.63, 3.8) is 0 Å². The summed E-state index contributed by atoms with van der Waals surface area (Å²) in [7, 11) is 0. The minimum absolute atomic E-state index is 0.354. The van der Waals surface area contributed by atoms with E-state index < -0.39 is 24.2 Å². The lowest BCUT2D eigenvalue weighted by Crippen LogP contribution is -2.25. The summed E-state index contributed by atoms with van der Waals surface area (Å²) in [5.74, 6) is -0.752. The normalized spacial score (nSPS) is 13.0. The first-order valence-corrected chi connectivity index (χ1v) is 9.03. The summed E-state index contributed by atoms with van der Waals surface area (Å²) in [5, 5.41) is 2.63. The molecule has 9 heteroatoms. The molecule has 0 saturated carbocycles. The quantitative estimate of drug-likeness (QED) is 0.654. The monoisotopic (exact) mass is 398 g/mol. The van der Waals surface area contributed by atoms with Crippen LogP contribution in [0.15, 0.2) is 51.7 Å². The molecule has 0 aliphatic carbocycles. The summed E-state index contributed by atoms with van der Waals surface area (Å²) in [6, 6.07) is 11.8. The number of para-hydroxylation sites is 2. The molecule has 3 aromatic rings. The molecule has 1 amide bonds. The number of hydrogen-bond acceptors (Lipinski definition) is 7. The van der Waals surface area contributed by atoms with Gasteiger partial charge in [0.1, 0.15) is 6.54 Å². The Kier molecular flexibility index (Phi) is 5.19. The first-order chi connectivity index (χ1) is 14.1. The van der Waals surface area contributed by atoms with E-state index in [0.29, 0.717) is 41.5 Å². The Hall–Kier alpha value is -3.75. The van der Waals surface area contributed by atoms with Crippen LogP contribution in [0.1, 0.15) is 6.42 Å². The van der Waals surface area contributed by atoms with Gasteiger partial charge >= 0.3 is 11.7 Å². The number of esters is 1. The number of nitrogens with one attached hydrogen (secondary N) is 1. The third-order valence-electron chi connectivity index (χ3n) is 4.26. The van der Waals surface area contributed by atoms with Gasteiger partial charge in [-0.1, -0.05) is 12.1 Å². The molecule has 0 saturated heterocycles. The standard InChI is InChI=1S/C20H18N2O7/c23-18(21-13-6-7-16-17(10-13)27-9-3-8-26-16)12-28-19(24)11-22-14-4-1-2-5-15(14)29-20(22)25/h1-2,4-7,10H,3,8-9,11-12H2,(H,21,23). The number of amides is 1. The van der Waals surface area contributed by atoms with Gasteiger partial charge in [0.15, 0.2) is 23.7 Å². The fourth-order valence-electron chi connectivity index (χ4n) is 2.92. The molecule has 1 aliphatic rings. The number of benzene rings is 2. The molecule has 2 heterocycles. The summed E-state index contributed by atoms with van der Waals surface area (Å²) in [6.45, 7) is 0.263. The van der Waals surface area contributed by atoms with Crippen molar-refractivity contribution >= 4 is 28.7 Å². The van der Waals surface area contributed by atoms with Crippen LogP contribution in [0.2, 0.25) is 0 Å². The van der Waals surface area contributed by atoms with Gasteiger partial charge in [0.25, 0.3) is 5.91 Å². The Morgan fingerprint density at radius 3 is 2.72 bits per heavy atom. The van der Waals surface area contributed by atoms with Gasteiger partial charge in [-0.25, -0.2) is 4.79 Å². The molecule has 29 heavy (non-hydrogen) atoms. The van der Waals surface area contributed by atoms with Crippen LogP contribution in [0.3, 0.4) is 0 Å². The third-order valence-corrected chi connectivity index (χ3v) is 4.26. The Labute approximate surface area is 164 Å². The molecule has 150 valence electrons. The summed E-state index contributed by atoms with van der Waals surface area (Å²) >= 11 is 0. The number of aromatic nitrogens is 1. The predicted octanol–water partition coefficient (Wildman–Crippen LogP) is 1.94. The highest BCUT2D eigenvalue weighted by molar-refractivity contribution is 5.93. The van der Waals surface area contributed by atoms with E-state index in [2.05, 4.69) is 5.32 Å². The molecule has 0 atom stereocenters. The average Bonchev–Trinajstić information content (AvgIpc) is 2.88. The Morgan fingerprint density at radius 2 is 1.86 bits per heavy atom. The number of nitrogens with zero attached hydrogens (tertiary/aromatic N) is 1. The highest BCUT2D eigenvalue weighted by atomic mass is 16.5. The van der Waals surface area contributed by atoms with Crippen LogP contribution in [-0.4, -0.2) is 36.3 Å². The van der Waals surface area contributed by atoms with E-state index in [0.717, 1.165) is 11.0 Å². The zero-order valence-electron chi connectivity index (χ0n) is 15.4. The topological polar surface area (TPSA) is 109 Å². The van der Waals surface area contributed by atoms with E-state index in [1.54, 1.807) is 42.5 Å². The summed E-state index contributed by atoms with van der Waals surface area (Å²) < 4.78 is 22.3. The van der Waals surface area contributed by atoms with Crippen LogP contribution >= 0.6 is 0 Å². The molecule has 1 N–H and O–H groups in total. The molecular formula is C20H18N2O7. The van der Waals surface area contributed by atoms with Crippen molar-refractivity contribution in [2.45, 2.75) is 13.0 Å².